The van der Waals surface area contributed by atoms with Gasteiger partial charge in [-0.2, -0.15) is 0 Å². The Kier molecular flexibility index (Phi) is 3.28. The number of amides is 1. The Balaban J connectivity index is 2.19. The van der Waals surface area contributed by atoms with E-state index in [4.69, 9.17) is 0 Å². The number of aryl methyl sites for hydroxylation is 1. The standard InChI is InChI=1S/C14H21N3O/c1-9-5-11-12(15-7-9)16-8-10(13(18)17-11)6-14(2,3)4/h5,7,10H,6,8H2,1-4H3,(H,15,16)(H,17,18). The minimum Gasteiger partial charge on any atom is -0.368 e. The third-order valence-corrected chi connectivity index (χ3v) is 3.03. The first-order valence-electron chi connectivity index (χ1n) is 6.36. The van der Waals surface area contributed by atoms with E-state index in [1.165, 1.54) is 0 Å². The summed E-state index contributed by atoms with van der Waals surface area (Å²) in [5.41, 5.74) is 1.98. The minimum absolute atomic E-state index is 0.0143. The fourth-order valence-corrected chi connectivity index (χ4v) is 2.26. The Morgan fingerprint density at radius 3 is 2.83 bits per heavy atom. The van der Waals surface area contributed by atoms with Gasteiger partial charge >= 0.3 is 0 Å². The van der Waals surface area contributed by atoms with E-state index in [9.17, 15) is 4.79 Å². The highest BCUT2D eigenvalue weighted by Gasteiger charge is 2.28. The molecule has 0 spiro atoms. The number of pyridine rings is 1. The predicted octanol–water partition coefficient (Wildman–Crippen LogP) is 2.81. The summed E-state index contributed by atoms with van der Waals surface area (Å²) in [6, 6.07) is 1.95. The summed E-state index contributed by atoms with van der Waals surface area (Å²) in [6.45, 7) is 9.07. The molecule has 2 heterocycles. The summed E-state index contributed by atoms with van der Waals surface area (Å²) in [4.78, 5) is 16.5. The second-order valence-corrected chi connectivity index (χ2v) is 6.24. The zero-order chi connectivity index (χ0) is 13.3. The molecule has 0 aromatic carbocycles. The van der Waals surface area contributed by atoms with E-state index in [2.05, 4.69) is 36.4 Å². The highest BCUT2D eigenvalue weighted by molar-refractivity contribution is 5.96. The topological polar surface area (TPSA) is 54.0 Å². The van der Waals surface area contributed by atoms with Gasteiger partial charge in [0.2, 0.25) is 5.91 Å². The SMILES string of the molecule is Cc1cnc2c(c1)NC(=O)C(CC(C)(C)C)CN2. The van der Waals surface area contributed by atoms with Crippen LogP contribution in [0.1, 0.15) is 32.8 Å². The van der Waals surface area contributed by atoms with Crippen LogP contribution in [0.4, 0.5) is 11.5 Å². The Morgan fingerprint density at radius 1 is 1.44 bits per heavy atom. The summed E-state index contributed by atoms with van der Waals surface area (Å²) in [6.07, 6.45) is 2.67. The summed E-state index contributed by atoms with van der Waals surface area (Å²) in [5, 5.41) is 6.23. The first kappa shape index (κ1) is 12.9. The van der Waals surface area contributed by atoms with E-state index in [0.717, 1.165) is 23.5 Å². The lowest BCUT2D eigenvalue weighted by Crippen LogP contribution is -2.29. The molecule has 2 N–H and O–H groups in total. The van der Waals surface area contributed by atoms with Crippen LogP contribution < -0.4 is 10.6 Å². The van der Waals surface area contributed by atoms with Gasteiger partial charge in [0.15, 0.2) is 0 Å². The molecule has 1 amide bonds. The largest absolute Gasteiger partial charge is 0.368 e. The number of nitrogens with one attached hydrogen (secondary N) is 2. The van der Waals surface area contributed by atoms with Crippen molar-refractivity contribution in [2.75, 3.05) is 17.2 Å². The Bertz CT molecular complexity index is 463. The van der Waals surface area contributed by atoms with Gasteiger partial charge in [-0.05, 0) is 30.4 Å². The molecule has 0 radical (unpaired) electrons. The van der Waals surface area contributed by atoms with Crippen LogP contribution in [0.3, 0.4) is 0 Å². The van der Waals surface area contributed by atoms with Crippen molar-refractivity contribution in [3.8, 4) is 0 Å². The van der Waals surface area contributed by atoms with Crippen molar-refractivity contribution < 1.29 is 4.79 Å². The number of nitrogens with zero attached hydrogens (tertiary/aromatic N) is 1. The number of rotatable bonds is 1. The second kappa shape index (κ2) is 4.59. The minimum atomic E-state index is -0.0143. The molecule has 1 aromatic rings. The van der Waals surface area contributed by atoms with E-state index in [0.29, 0.717) is 6.54 Å². The first-order chi connectivity index (χ1) is 8.35. The van der Waals surface area contributed by atoms with Gasteiger partial charge in [0.05, 0.1) is 11.6 Å². The van der Waals surface area contributed by atoms with Crippen molar-refractivity contribution in [1.29, 1.82) is 0 Å². The van der Waals surface area contributed by atoms with Gasteiger partial charge in [-0.1, -0.05) is 20.8 Å². The summed E-state index contributed by atoms with van der Waals surface area (Å²) >= 11 is 0. The number of hydrogen-bond acceptors (Lipinski definition) is 3. The molecule has 1 aliphatic heterocycles. The molecule has 0 saturated carbocycles. The van der Waals surface area contributed by atoms with Gasteiger partial charge in [0.25, 0.3) is 0 Å². The lowest BCUT2D eigenvalue weighted by atomic mass is 9.84. The smallest absolute Gasteiger partial charge is 0.229 e. The Morgan fingerprint density at radius 2 is 2.17 bits per heavy atom. The molecule has 18 heavy (non-hydrogen) atoms. The predicted molar refractivity (Wildman–Crippen MR) is 73.7 cm³/mol. The number of hydrogen-bond donors (Lipinski definition) is 2. The monoisotopic (exact) mass is 247 g/mol. The third-order valence-electron chi connectivity index (χ3n) is 3.03. The number of aromatic nitrogens is 1. The van der Waals surface area contributed by atoms with Gasteiger partial charge in [-0.25, -0.2) is 4.98 Å². The van der Waals surface area contributed by atoms with Crippen molar-refractivity contribution in [1.82, 2.24) is 4.98 Å². The lowest BCUT2D eigenvalue weighted by Gasteiger charge is -2.23. The van der Waals surface area contributed by atoms with Crippen LogP contribution in [0, 0.1) is 18.3 Å². The summed E-state index contributed by atoms with van der Waals surface area (Å²) in [5.74, 6) is 0.841. The van der Waals surface area contributed by atoms with Crippen LogP contribution in [-0.4, -0.2) is 17.4 Å². The highest BCUT2D eigenvalue weighted by atomic mass is 16.1. The van der Waals surface area contributed by atoms with Gasteiger partial charge in [0, 0.05) is 12.7 Å². The van der Waals surface area contributed by atoms with Crippen LogP contribution in [-0.2, 0) is 4.79 Å². The third kappa shape index (κ3) is 3.00. The van der Waals surface area contributed by atoms with E-state index < -0.39 is 0 Å². The molecule has 4 heteroatoms. The van der Waals surface area contributed by atoms with Gasteiger partial charge in [-0.15, -0.1) is 0 Å². The molecule has 0 fully saturated rings. The van der Waals surface area contributed by atoms with Crippen molar-refractivity contribution in [3.63, 3.8) is 0 Å². The lowest BCUT2D eigenvalue weighted by molar-refractivity contribution is -0.120. The summed E-state index contributed by atoms with van der Waals surface area (Å²) in [7, 11) is 0. The van der Waals surface area contributed by atoms with E-state index in [-0.39, 0.29) is 17.2 Å². The first-order valence-corrected chi connectivity index (χ1v) is 6.36. The van der Waals surface area contributed by atoms with Crippen LogP contribution in [0.2, 0.25) is 0 Å². The van der Waals surface area contributed by atoms with E-state index >= 15 is 0 Å². The average Bonchev–Trinajstić information content (AvgIpc) is 2.37. The molecule has 1 unspecified atom stereocenters. The number of anilines is 2. The van der Waals surface area contributed by atoms with Gasteiger partial charge < -0.3 is 10.6 Å². The van der Waals surface area contributed by atoms with Crippen molar-refractivity contribution in [2.45, 2.75) is 34.1 Å². The summed E-state index contributed by atoms with van der Waals surface area (Å²) < 4.78 is 0. The number of carbonyl (C=O) groups is 1. The fourth-order valence-electron chi connectivity index (χ4n) is 2.26. The second-order valence-electron chi connectivity index (χ2n) is 6.24. The van der Waals surface area contributed by atoms with Gasteiger partial charge in [0.1, 0.15) is 5.82 Å². The Labute approximate surface area is 108 Å². The van der Waals surface area contributed by atoms with Crippen molar-refractivity contribution in [2.24, 2.45) is 11.3 Å². The van der Waals surface area contributed by atoms with E-state index in [1.807, 2.05) is 19.2 Å². The van der Waals surface area contributed by atoms with Crippen LogP contribution in [0.15, 0.2) is 12.3 Å². The molecule has 0 bridgehead atoms. The quantitative estimate of drug-likeness (QED) is 0.802. The average molecular weight is 247 g/mol. The molecule has 2 rings (SSSR count). The molecular formula is C14H21N3O. The maximum atomic E-state index is 12.2. The normalized spacial score (nSPS) is 19.6. The maximum absolute atomic E-state index is 12.2. The molecule has 1 aromatic heterocycles. The van der Waals surface area contributed by atoms with Crippen molar-refractivity contribution in [3.05, 3.63) is 17.8 Å². The fraction of sp³-hybridized carbons (Fsp3) is 0.571. The van der Waals surface area contributed by atoms with E-state index in [1.54, 1.807) is 0 Å². The molecule has 1 aliphatic rings. The van der Waals surface area contributed by atoms with Crippen molar-refractivity contribution >= 4 is 17.4 Å². The molecule has 0 aliphatic carbocycles. The van der Waals surface area contributed by atoms with Crippen LogP contribution in [0.25, 0.3) is 0 Å². The number of fused-ring (bicyclic) bond motifs is 1. The molecule has 1 atom stereocenters. The van der Waals surface area contributed by atoms with Crippen LogP contribution in [0.5, 0.6) is 0 Å². The zero-order valence-electron chi connectivity index (χ0n) is 11.5. The van der Waals surface area contributed by atoms with Crippen LogP contribution >= 0.6 is 0 Å². The molecule has 98 valence electrons. The highest BCUT2D eigenvalue weighted by Crippen LogP contribution is 2.29. The molecule has 4 nitrogen and oxygen atoms in total. The van der Waals surface area contributed by atoms with Gasteiger partial charge in [-0.3, -0.25) is 4.79 Å². The zero-order valence-corrected chi connectivity index (χ0v) is 11.5. The number of carbonyl (C=O) groups excluding carboxylic acids is 1. The molecular weight excluding hydrogens is 226 g/mol. The maximum Gasteiger partial charge on any atom is 0.229 e. The molecule has 0 saturated heterocycles. The Hall–Kier alpha value is -1.58.